The first-order chi connectivity index (χ1) is 9.19. The Kier molecular flexibility index (Phi) is 9.68. The summed E-state index contributed by atoms with van der Waals surface area (Å²) in [5.41, 5.74) is 1.34. The predicted octanol–water partition coefficient (Wildman–Crippen LogP) is 3.15. The van der Waals surface area contributed by atoms with E-state index in [9.17, 15) is 4.79 Å². The Hall–Kier alpha value is -0.760. The van der Waals surface area contributed by atoms with Gasteiger partial charge in [-0.15, -0.1) is 11.3 Å². The highest BCUT2D eigenvalue weighted by Gasteiger charge is 2.11. The summed E-state index contributed by atoms with van der Waals surface area (Å²) in [7, 11) is 0.438. The zero-order valence-electron chi connectivity index (χ0n) is 11.0. The van der Waals surface area contributed by atoms with Gasteiger partial charge < -0.3 is 9.83 Å². The van der Waals surface area contributed by atoms with Gasteiger partial charge in [0.2, 0.25) is 0 Å². The van der Waals surface area contributed by atoms with E-state index in [0.717, 1.165) is 27.8 Å². The number of hydrogen-bond donors (Lipinski definition) is 2. The van der Waals surface area contributed by atoms with E-state index < -0.39 is 10.9 Å². The summed E-state index contributed by atoms with van der Waals surface area (Å²) < 4.78 is 8.27. The molecule has 0 aliphatic carbocycles. The van der Waals surface area contributed by atoms with Crippen LogP contribution >= 0.6 is 38.1 Å². The number of carbonyl (C=O) groups excluding carboxylic acids is 1. The van der Waals surface area contributed by atoms with Gasteiger partial charge in [-0.1, -0.05) is 13.8 Å². The lowest BCUT2D eigenvalue weighted by Crippen LogP contribution is -2.13. The molecule has 1 atom stereocenters. The van der Waals surface area contributed by atoms with E-state index in [2.05, 4.69) is 30.9 Å². The van der Waals surface area contributed by atoms with Crippen LogP contribution in [0.5, 0.6) is 0 Å². The number of carbonyl (C=O) groups is 1. The second-order valence-corrected chi connectivity index (χ2v) is 6.34. The normalized spacial score (nSPS) is 16.6. The molecule has 19 heavy (non-hydrogen) atoms. The smallest absolute Gasteiger partial charge is 0.166 e. The van der Waals surface area contributed by atoms with Crippen LogP contribution in [-0.2, 0) is 4.79 Å². The van der Waals surface area contributed by atoms with Gasteiger partial charge >= 0.3 is 0 Å². The van der Waals surface area contributed by atoms with Crippen molar-refractivity contribution in [3.05, 3.63) is 32.6 Å². The van der Waals surface area contributed by atoms with Crippen LogP contribution in [0.15, 0.2) is 32.1 Å². The molecule has 1 aromatic rings. The van der Waals surface area contributed by atoms with E-state index in [1.165, 1.54) is 0 Å². The number of aliphatic hydroxyl groups excluding tert-OH is 1. The van der Waals surface area contributed by atoms with Crippen LogP contribution in [0.1, 0.15) is 18.7 Å². The third-order valence-electron chi connectivity index (χ3n) is 1.69. The molecule has 0 aromatic carbocycles. The van der Waals surface area contributed by atoms with Crippen LogP contribution in [0, 0.1) is 0 Å². The maximum atomic E-state index is 10.7. The fraction of sp³-hybridized carbons (Fsp3) is 0.250. The number of aliphatic hydroxyl groups is 1. The minimum Gasteiger partial charge on any atom is -0.400 e. The molecule has 2 heterocycles. The van der Waals surface area contributed by atoms with Crippen molar-refractivity contribution < 1.29 is 9.90 Å². The molecule has 106 valence electrons. The maximum Gasteiger partial charge on any atom is 0.166 e. The van der Waals surface area contributed by atoms with Gasteiger partial charge in [-0.05, 0) is 40.0 Å². The van der Waals surface area contributed by atoms with Crippen molar-refractivity contribution in [2.75, 3.05) is 7.11 Å². The van der Waals surface area contributed by atoms with Crippen LogP contribution in [-0.4, -0.2) is 30.1 Å². The minimum atomic E-state index is -0.562. The lowest BCUT2D eigenvalue weighted by atomic mass is 10.2. The quantitative estimate of drug-likeness (QED) is 0.625. The van der Waals surface area contributed by atoms with Crippen LogP contribution in [0.4, 0.5) is 0 Å². The molecule has 0 bridgehead atoms. The van der Waals surface area contributed by atoms with E-state index in [4.69, 9.17) is 5.11 Å². The zero-order valence-corrected chi connectivity index (χ0v) is 14.2. The molecule has 0 saturated carbocycles. The van der Waals surface area contributed by atoms with Gasteiger partial charge in [0, 0.05) is 18.0 Å². The van der Waals surface area contributed by atoms with E-state index >= 15 is 0 Å². The minimum absolute atomic E-state index is 0.530. The van der Waals surface area contributed by atoms with Gasteiger partial charge in [0.15, 0.2) is 6.29 Å². The van der Waals surface area contributed by atoms with Crippen molar-refractivity contribution in [1.82, 2.24) is 4.72 Å². The van der Waals surface area contributed by atoms with Crippen LogP contribution in [0.2, 0.25) is 0 Å². The van der Waals surface area contributed by atoms with Crippen molar-refractivity contribution in [3.8, 4) is 0 Å². The van der Waals surface area contributed by atoms with Crippen molar-refractivity contribution in [3.63, 3.8) is 0 Å². The highest BCUT2D eigenvalue weighted by atomic mass is 79.9. The monoisotopic (exact) mass is 364 g/mol. The fourth-order valence-corrected chi connectivity index (χ4v) is 3.32. The Labute approximate surface area is 128 Å². The van der Waals surface area contributed by atoms with Gasteiger partial charge in [-0.2, -0.15) is 0 Å². The van der Waals surface area contributed by atoms with Crippen molar-refractivity contribution >= 4 is 56.0 Å². The Morgan fingerprint density at radius 3 is 2.58 bits per heavy atom. The largest absolute Gasteiger partial charge is 0.400 e. The lowest BCUT2D eigenvalue weighted by molar-refractivity contribution is -0.105. The molecule has 0 saturated heterocycles. The Morgan fingerprint density at radius 2 is 2.11 bits per heavy atom. The highest BCUT2D eigenvalue weighted by Crippen LogP contribution is 2.26. The Balaban J connectivity index is 0.000000741. The van der Waals surface area contributed by atoms with Crippen LogP contribution in [0.3, 0.4) is 0 Å². The molecule has 4 nitrogen and oxygen atoms in total. The summed E-state index contributed by atoms with van der Waals surface area (Å²) in [5.74, 6) is 3.80. The molecular formula is C12H17BrN2O2S2. The van der Waals surface area contributed by atoms with Crippen LogP contribution < -0.4 is 4.72 Å². The number of rotatable bonds is 2. The lowest BCUT2D eigenvalue weighted by Gasteiger charge is -2.12. The number of nitrogens with one attached hydrogen (secondary N) is 1. The molecule has 0 radical (unpaired) electrons. The van der Waals surface area contributed by atoms with Gasteiger partial charge in [-0.25, -0.2) is 4.40 Å². The summed E-state index contributed by atoms with van der Waals surface area (Å²) in [6.45, 7) is 4.00. The number of thiophene rings is 1. The Morgan fingerprint density at radius 1 is 1.47 bits per heavy atom. The van der Waals surface area contributed by atoms with E-state index in [-0.39, 0.29) is 0 Å². The molecule has 7 heteroatoms. The second kappa shape index (κ2) is 10.1. The van der Waals surface area contributed by atoms with E-state index in [0.29, 0.717) is 5.70 Å². The van der Waals surface area contributed by atoms with Gasteiger partial charge in [0.1, 0.15) is 0 Å². The van der Waals surface area contributed by atoms with E-state index in [1.807, 2.05) is 26.0 Å². The SMILES string of the molecule is C=S1N=C(c2ccc(Br)s2)C=C(C=O)N1.CC.CO. The molecular weight excluding hydrogens is 348 g/mol. The summed E-state index contributed by atoms with van der Waals surface area (Å²) in [6.07, 6.45) is 2.52. The number of hydrogen-bond acceptors (Lipinski definition) is 5. The third-order valence-corrected chi connectivity index (χ3v) is 4.22. The molecule has 1 aliphatic rings. The van der Waals surface area contributed by atoms with Crippen LogP contribution in [0.25, 0.3) is 0 Å². The number of aldehydes is 1. The predicted molar refractivity (Wildman–Crippen MR) is 90.0 cm³/mol. The average Bonchev–Trinajstić information content (AvgIpc) is 2.89. The van der Waals surface area contributed by atoms with Gasteiger partial charge in [-0.3, -0.25) is 4.79 Å². The van der Waals surface area contributed by atoms with Gasteiger partial charge in [0.05, 0.1) is 20.1 Å². The molecule has 0 spiro atoms. The molecule has 1 unspecified atom stereocenters. The Bertz CT molecular complexity index is 496. The van der Waals surface area contributed by atoms with E-state index in [1.54, 1.807) is 17.4 Å². The molecule has 1 aliphatic heterocycles. The average molecular weight is 365 g/mol. The maximum absolute atomic E-state index is 10.7. The van der Waals surface area contributed by atoms with Gasteiger partial charge in [0.25, 0.3) is 0 Å². The topological polar surface area (TPSA) is 61.7 Å². The number of nitrogens with zero attached hydrogens (tertiary/aromatic N) is 1. The van der Waals surface area contributed by atoms with Crippen molar-refractivity contribution in [2.24, 2.45) is 4.40 Å². The third kappa shape index (κ3) is 5.82. The summed E-state index contributed by atoms with van der Waals surface area (Å²) >= 11 is 4.97. The molecule has 0 fully saturated rings. The molecule has 2 rings (SSSR count). The fourth-order valence-electron chi connectivity index (χ4n) is 1.11. The van der Waals surface area contributed by atoms with Crippen molar-refractivity contribution in [2.45, 2.75) is 13.8 Å². The first kappa shape index (κ1) is 18.2. The zero-order chi connectivity index (χ0) is 14.8. The first-order valence-corrected chi connectivity index (χ1v) is 8.42. The number of halogens is 1. The summed E-state index contributed by atoms with van der Waals surface area (Å²) in [6, 6.07) is 3.93. The molecule has 2 N–H and O–H groups in total. The standard InChI is InChI=1S/C9H7BrN2OS2.C2H6.CH4O/c1-15-11-6(5-13)4-7(12-15)8-2-3-9(10)14-8;2*1-2/h2-5,11H,1H2;1-2H3;2H,1H3. The molecule has 0 amide bonds. The summed E-state index contributed by atoms with van der Waals surface area (Å²) in [5, 5.41) is 7.00. The molecule has 1 aromatic heterocycles. The highest BCUT2D eigenvalue weighted by molar-refractivity contribution is 9.11. The second-order valence-electron chi connectivity index (χ2n) is 2.76. The summed E-state index contributed by atoms with van der Waals surface area (Å²) in [4.78, 5) is 11.7. The van der Waals surface area contributed by atoms with Crippen molar-refractivity contribution in [1.29, 1.82) is 0 Å². The number of allylic oxidation sites excluding steroid dienone is 2. The first-order valence-electron chi connectivity index (χ1n) is 5.46.